The first-order valence-electron chi connectivity index (χ1n) is 8.27. The predicted octanol–water partition coefficient (Wildman–Crippen LogP) is 4.39. The summed E-state index contributed by atoms with van der Waals surface area (Å²) < 4.78 is 0. The van der Waals surface area contributed by atoms with Gasteiger partial charge in [0.15, 0.2) is 0 Å². The molecule has 0 saturated heterocycles. The van der Waals surface area contributed by atoms with Crippen LogP contribution in [0.1, 0.15) is 36.1 Å². The number of rotatable bonds is 5. The molecule has 23 heavy (non-hydrogen) atoms. The molecule has 0 saturated carbocycles. The molecule has 1 aromatic carbocycles. The molecular formula is C20H23N3. The van der Waals surface area contributed by atoms with E-state index in [0.717, 1.165) is 30.6 Å². The van der Waals surface area contributed by atoms with E-state index in [2.05, 4.69) is 53.4 Å². The van der Waals surface area contributed by atoms with Gasteiger partial charge in [0.25, 0.3) is 0 Å². The summed E-state index contributed by atoms with van der Waals surface area (Å²) in [5.41, 5.74) is 6.46. The van der Waals surface area contributed by atoms with Gasteiger partial charge < -0.3 is 5.32 Å². The van der Waals surface area contributed by atoms with Crippen molar-refractivity contribution in [3.05, 3.63) is 65.0 Å². The first-order chi connectivity index (χ1) is 11.2. The Labute approximate surface area is 137 Å². The van der Waals surface area contributed by atoms with E-state index in [4.69, 9.17) is 0 Å². The van der Waals surface area contributed by atoms with Crippen molar-refractivity contribution < 1.29 is 0 Å². The lowest BCUT2D eigenvalue weighted by molar-refractivity contribution is 1.04. The minimum Gasteiger partial charge on any atom is -0.373 e. The van der Waals surface area contributed by atoms with Crippen LogP contribution in [0.25, 0.3) is 10.9 Å². The number of nitrogens with one attached hydrogen (secondary N) is 1. The molecule has 0 atom stereocenters. The maximum absolute atomic E-state index is 4.57. The topological polar surface area (TPSA) is 37.8 Å². The van der Waals surface area contributed by atoms with Crippen LogP contribution in [0.3, 0.4) is 0 Å². The maximum atomic E-state index is 4.57. The number of benzene rings is 1. The van der Waals surface area contributed by atoms with E-state index < -0.39 is 0 Å². The monoisotopic (exact) mass is 305 g/mol. The van der Waals surface area contributed by atoms with Crippen LogP contribution in [-0.2, 0) is 19.3 Å². The minimum atomic E-state index is 0.880. The Bertz CT molecular complexity index is 807. The van der Waals surface area contributed by atoms with E-state index in [-0.39, 0.29) is 0 Å². The van der Waals surface area contributed by atoms with Gasteiger partial charge in [0.1, 0.15) is 5.82 Å². The van der Waals surface area contributed by atoms with E-state index >= 15 is 0 Å². The highest BCUT2D eigenvalue weighted by Crippen LogP contribution is 2.24. The molecule has 0 bridgehead atoms. The lowest BCUT2D eigenvalue weighted by atomic mass is 9.96. The Hall–Kier alpha value is -2.42. The van der Waals surface area contributed by atoms with E-state index in [1.807, 2.05) is 25.5 Å². The molecule has 0 aliphatic heterocycles. The molecule has 0 spiro atoms. The molecule has 3 aromatic rings. The molecule has 0 aliphatic carbocycles. The van der Waals surface area contributed by atoms with Crippen molar-refractivity contribution in [2.45, 2.75) is 33.1 Å². The lowest BCUT2D eigenvalue weighted by Gasteiger charge is -2.11. The Morgan fingerprint density at radius 2 is 1.70 bits per heavy atom. The first kappa shape index (κ1) is 15.5. The van der Waals surface area contributed by atoms with Gasteiger partial charge in [-0.05, 0) is 65.8 Å². The van der Waals surface area contributed by atoms with Crippen molar-refractivity contribution in [2.24, 2.45) is 0 Å². The zero-order valence-electron chi connectivity index (χ0n) is 14.1. The average Bonchev–Trinajstić information content (AvgIpc) is 2.61. The quantitative estimate of drug-likeness (QED) is 0.760. The van der Waals surface area contributed by atoms with E-state index in [0.29, 0.717) is 0 Å². The Kier molecular flexibility index (Phi) is 4.56. The van der Waals surface area contributed by atoms with E-state index in [1.54, 1.807) is 0 Å². The largest absolute Gasteiger partial charge is 0.373 e. The second kappa shape index (κ2) is 6.78. The molecule has 0 radical (unpaired) electrons. The van der Waals surface area contributed by atoms with E-state index in [9.17, 15) is 0 Å². The number of pyridine rings is 2. The zero-order valence-corrected chi connectivity index (χ0v) is 14.1. The van der Waals surface area contributed by atoms with Crippen LogP contribution in [0, 0.1) is 0 Å². The molecule has 3 rings (SSSR count). The summed E-state index contributed by atoms with van der Waals surface area (Å²) in [6, 6.07) is 10.9. The molecule has 118 valence electrons. The molecule has 2 aromatic heterocycles. The predicted molar refractivity (Wildman–Crippen MR) is 97.1 cm³/mol. The van der Waals surface area contributed by atoms with Crippen molar-refractivity contribution in [3.63, 3.8) is 0 Å². The zero-order chi connectivity index (χ0) is 16.2. The van der Waals surface area contributed by atoms with Gasteiger partial charge >= 0.3 is 0 Å². The SMILES string of the molecule is CCc1cc2nccc(Cc3ccc(NC)nc3)c2cc1CC. The first-order valence-corrected chi connectivity index (χ1v) is 8.27. The number of aryl methyl sites for hydroxylation is 2. The van der Waals surface area contributed by atoms with Gasteiger partial charge in [0.2, 0.25) is 0 Å². The van der Waals surface area contributed by atoms with Crippen LogP contribution in [0.5, 0.6) is 0 Å². The van der Waals surface area contributed by atoms with Crippen LogP contribution in [0.2, 0.25) is 0 Å². The second-order valence-electron chi connectivity index (χ2n) is 5.79. The average molecular weight is 305 g/mol. The van der Waals surface area contributed by atoms with E-state index in [1.165, 1.54) is 27.6 Å². The molecule has 0 aliphatic rings. The fourth-order valence-electron chi connectivity index (χ4n) is 3.05. The molecule has 2 heterocycles. The fraction of sp³-hybridized carbons (Fsp3) is 0.300. The number of anilines is 1. The number of hydrogen-bond acceptors (Lipinski definition) is 3. The molecule has 0 unspecified atom stereocenters. The maximum Gasteiger partial charge on any atom is 0.125 e. The van der Waals surface area contributed by atoms with Crippen molar-refractivity contribution in [2.75, 3.05) is 12.4 Å². The normalized spacial score (nSPS) is 10.9. The third kappa shape index (κ3) is 3.19. The van der Waals surface area contributed by atoms with Crippen molar-refractivity contribution in [1.29, 1.82) is 0 Å². The highest BCUT2D eigenvalue weighted by atomic mass is 14.9. The number of hydrogen-bond donors (Lipinski definition) is 1. The summed E-state index contributed by atoms with van der Waals surface area (Å²) in [4.78, 5) is 8.98. The fourth-order valence-corrected chi connectivity index (χ4v) is 3.05. The highest BCUT2D eigenvalue weighted by molar-refractivity contribution is 5.84. The third-order valence-electron chi connectivity index (χ3n) is 4.39. The van der Waals surface area contributed by atoms with Crippen LogP contribution in [0.4, 0.5) is 5.82 Å². The summed E-state index contributed by atoms with van der Waals surface area (Å²) in [5.74, 6) is 0.897. The summed E-state index contributed by atoms with van der Waals surface area (Å²) in [6.45, 7) is 4.43. The van der Waals surface area contributed by atoms with Crippen molar-refractivity contribution in [3.8, 4) is 0 Å². The summed E-state index contributed by atoms with van der Waals surface area (Å²) >= 11 is 0. The van der Waals surface area contributed by atoms with Gasteiger partial charge in [-0.1, -0.05) is 19.9 Å². The van der Waals surface area contributed by atoms with Gasteiger partial charge in [0, 0.05) is 24.8 Å². The molecular weight excluding hydrogens is 282 g/mol. The molecule has 3 nitrogen and oxygen atoms in total. The standard InChI is InChI=1S/C20H23N3/c1-4-15-11-18-17(8-9-22-19(18)12-16(15)5-2)10-14-6-7-20(21-3)23-13-14/h6-9,11-13H,4-5,10H2,1-3H3,(H,21,23). The summed E-state index contributed by atoms with van der Waals surface area (Å²) in [7, 11) is 1.88. The van der Waals surface area contributed by atoms with Gasteiger partial charge in [0.05, 0.1) is 5.52 Å². The van der Waals surface area contributed by atoms with Gasteiger partial charge in [-0.2, -0.15) is 0 Å². The highest BCUT2D eigenvalue weighted by Gasteiger charge is 2.08. The van der Waals surface area contributed by atoms with Crippen LogP contribution in [0.15, 0.2) is 42.7 Å². The van der Waals surface area contributed by atoms with Crippen LogP contribution in [-0.4, -0.2) is 17.0 Å². The van der Waals surface area contributed by atoms with Crippen molar-refractivity contribution >= 4 is 16.7 Å². The number of nitrogens with zero attached hydrogens (tertiary/aromatic N) is 2. The molecule has 1 N–H and O–H groups in total. The Morgan fingerprint density at radius 1 is 0.913 bits per heavy atom. The smallest absolute Gasteiger partial charge is 0.125 e. The number of fused-ring (bicyclic) bond motifs is 1. The van der Waals surface area contributed by atoms with Crippen LogP contribution < -0.4 is 5.32 Å². The van der Waals surface area contributed by atoms with Gasteiger partial charge in [-0.3, -0.25) is 4.98 Å². The molecule has 0 fully saturated rings. The Morgan fingerprint density at radius 3 is 2.35 bits per heavy atom. The van der Waals surface area contributed by atoms with Gasteiger partial charge in [-0.15, -0.1) is 0 Å². The number of aromatic nitrogens is 2. The lowest BCUT2D eigenvalue weighted by Crippen LogP contribution is -1.97. The Balaban J connectivity index is 2.02. The van der Waals surface area contributed by atoms with Crippen LogP contribution >= 0.6 is 0 Å². The second-order valence-corrected chi connectivity index (χ2v) is 5.79. The minimum absolute atomic E-state index is 0.880. The van der Waals surface area contributed by atoms with Gasteiger partial charge in [-0.25, -0.2) is 4.98 Å². The summed E-state index contributed by atoms with van der Waals surface area (Å²) in [6.07, 6.45) is 6.86. The molecule has 3 heteroatoms. The molecule has 0 amide bonds. The summed E-state index contributed by atoms with van der Waals surface area (Å²) in [5, 5.41) is 4.32. The third-order valence-corrected chi connectivity index (χ3v) is 4.39. The van der Waals surface area contributed by atoms with Crippen molar-refractivity contribution in [1.82, 2.24) is 9.97 Å².